The predicted molar refractivity (Wildman–Crippen MR) is 80.5 cm³/mol. The molecule has 1 aromatic heterocycles. The second kappa shape index (κ2) is 5.24. The second-order valence-electron chi connectivity index (χ2n) is 4.88. The molecule has 0 aliphatic heterocycles. The van der Waals surface area contributed by atoms with E-state index in [0.29, 0.717) is 6.54 Å². The third-order valence-electron chi connectivity index (χ3n) is 3.29. The largest absolute Gasteiger partial charge is 0.366 e. The van der Waals surface area contributed by atoms with Crippen LogP contribution in [0.2, 0.25) is 0 Å². The number of hydrogen-bond donors (Lipinski definition) is 2. The van der Waals surface area contributed by atoms with Gasteiger partial charge in [0.1, 0.15) is 0 Å². The van der Waals surface area contributed by atoms with Crippen LogP contribution >= 0.6 is 0 Å². The number of anilines is 1. The Bertz CT molecular complexity index is 795. The van der Waals surface area contributed by atoms with Crippen LogP contribution in [-0.2, 0) is 6.54 Å². The van der Waals surface area contributed by atoms with Crippen molar-refractivity contribution in [2.75, 3.05) is 12.8 Å². The van der Waals surface area contributed by atoms with Crippen LogP contribution in [-0.4, -0.2) is 33.0 Å². The Balaban J connectivity index is 1.79. The maximum absolute atomic E-state index is 12.2. The van der Waals surface area contributed by atoms with E-state index in [4.69, 9.17) is 5.73 Å². The number of H-pyrrole nitrogens is 1. The molecular weight excluding hydrogens is 266 g/mol. The zero-order valence-electron chi connectivity index (χ0n) is 11.6. The minimum Gasteiger partial charge on any atom is -0.366 e. The fourth-order valence-electron chi connectivity index (χ4n) is 2.23. The van der Waals surface area contributed by atoms with Gasteiger partial charge in [0, 0.05) is 13.6 Å². The Labute approximate surface area is 121 Å². The van der Waals surface area contributed by atoms with Crippen molar-refractivity contribution in [3.8, 4) is 0 Å². The van der Waals surface area contributed by atoms with Crippen molar-refractivity contribution in [3.63, 3.8) is 0 Å². The summed E-state index contributed by atoms with van der Waals surface area (Å²) in [6, 6.07) is 14.3. The van der Waals surface area contributed by atoms with Crippen LogP contribution in [0.1, 0.15) is 16.2 Å². The number of benzene rings is 2. The third kappa shape index (κ3) is 2.69. The lowest BCUT2D eigenvalue weighted by atomic mass is 10.1. The summed E-state index contributed by atoms with van der Waals surface area (Å²) in [5.41, 5.74) is 6.46. The molecule has 0 radical (unpaired) electrons. The van der Waals surface area contributed by atoms with Crippen molar-refractivity contribution in [3.05, 3.63) is 53.9 Å². The molecule has 0 unspecified atom stereocenters. The first-order valence-electron chi connectivity index (χ1n) is 6.54. The molecule has 0 saturated carbocycles. The van der Waals surface area contributed by atoms with Crippen LogP contribution in [0.5, 0.6) is 0 Å². The molecule has 6 nitrogen and oxygen atoms in total. The molecule has 3 aromatic rings. The van der Waals surface area contributed by atoms with Crippen molar-refractivity contribution in [2.45, 2.75) is 6.54 Å². The van der Waals surface area contributed by atoms with Gasteiger partial charge in [0.25, 0.3) is 5.91 Å². The van der Waals surface area contributed by atoms with Gasteiger partial charge in [0.2, 0.25) is 11.8 Å². The van der Waals surface area contributed by atoms with E-state index in [1.807, 2.05) is 18.2 Å². The molecule has 2 aromatic carbocycles. The molecule has 3 rings (SSSR count). The Morgan fingerprint density at radius 1 is 1.24 bits per heavy atom. The Morgan fingerprint density at radius 2 is 2.00 bits per heavy atom. The lowest BCUT2D eigenvalue weighted by molar-refractivity contribution is 0.0773. The first-order valence-corrected chi connectivity index (χ1v) is 6.54. The maximum atomic E-state index is 12.2. The average Bonchev–Trinajstić information content (AvgIpc) is 2.93. The standard InChI is InChI=1S/C15H15N5O/c1-20(14(21)13-17-15(16)19-18-13)9-10-6-7-11-4-2-3-5-12(11)8-10/h2-8H,9H2,1H3,(H3,16,17,18,19). The highest BCUT2D eigenvalue weighted by Crippen LogP contribution is 2.17. The smallest absolute Gasteiger partial charge is 0.291 e. The van der Waals surface area contributed by atoms with Gasteiger partial charge in [-0.15, -0.1) is 5.10 Å². The van der Waals surface area contributed by atoms with Crippen LogP contribution in [0, 0.1) is 0 Å². The summed E-state index contributed by atoms with van der Waals surface area (Å²) in [6.07, 6.45) is 0. The number of fused-ring (bicyclic) bond motifs is 1. The average molecular weight is 281 g/mol. The van der Waals surface area contributed by atoms with E-state index in [1.165, 1.54) is 5.39 Å². The van der Waals surface area contributed by atoms with Crippen LogP contribution in [0.25, 0.3) is 10.8 Å². The van der Waals surface area contributed by atoms with Gasteiger partial charge in [-0.3, -0.25) is 9.89 Å². The minimum absolute atomic E-state index is 0.0671. The van der Waals surface area contributed by atoms with E-state index >= 15 is 0 Å². The summed E-state index contributed by atoms with van der Waals surface area (Å²) >= 11 is 0. The molecule has 1 heterocycles. The normalized spacial score (nSPS) is 10.7. The van der Waals surface area contributed by atoms with Gasteiger partial charge in [-0.1, -0.05) is 36.4 Å². The van der Waals surface area contributed by atoms with Gasteiger partial charge in [-0.05, 0) is 22.4 Å². The molecule has 21 heavy (non-hydrogen) atoms. The summed E-state index contributed by atoms with van der Waals surface area (Å²) in [6.45, 7) is 0.490. The maximum Gasteiger partial charge on any atom is 0.291 e. The first-order chi connectivity index (χ1) is 10.1. The van der Waals surface area contributed by atoms with Gasteiger partial charge in [0.05, 0.1) is 0 Å². The number of hydrogen-bond acceptors (Lipinski definition) is 4. The zero-order valence-corrected chi connectivity index (χ0v) is 11.6. The molecule has 0 spiro atoms. The predicted octanol–water partition coefficient (Wildman–Crippen LogP) is 1.81. The minimum atomic E-state index is -0.243. The van der Waals surface area contributed by atoms with Crippen LogP contribution < -0.4 is 5.73 Å². The molecule has 0 bridgehead atoms. The highest BCUT2D eigenvalue weighted by atomic mass is 16.2. The van der Waals surface area contributed by atoms with Crippen LogP contribution in [0.15, 0.2) is 42.5 Å². The van der Waals surface area contributed by atoms with Gasteiger partial charge >= 0.3 is 0 Å². The molecule has 6 heteroatoms. The number of carbonyl (C=O) groups is 1. The summed E-state index contributed by atoms with van der Waals surface area (Å²) in [7, 11) is 1.72. The topological polar surface area (TPSA) is 87.9 Å². The fraction of sp³-hybridized carbons (Fsp3) is 0.133. The Hall–Kier alpha value is -2.89. The number of aromatic nitrogens is 3. The van der Waals surface area contributed by atoms with E-state index in [9.17, 15) is 4.79 Å². The molecule has 0 aliphatic carbocycles. The fourth-order valence-corrected chi connectivity index (χ4v) is 2.23. The van der Waals surface area contributed by atoms with E-state index in [1.54, 1.807) is 11.9 Å². The van der Waals surface area contributed by atoms with Crippen LogP contribution in [0.4, 0.5) is 5.95 Å². The zero-order chi connectivity index (χ0) is 14.8. The number of nitrogen functional groups attached to an aromatic ring is 1. The van der Waals surface area contributed by atoms with Gasteiger partial charge in [-0.2, -0.15) is 4.98 Å². The lowest BCUT2D eigenvalue weighted by Gasteiger charge is -2.16. The van der Waals surface area contributed by atoms with E-state index < -0.39 is 0 Å². The number of carbonyl (C=O) groups excluding carboxylic acids is 1. The molecule has 0 atom stereocenters. The number of nitrogens with two attached hydrogens (primary N) is 1. The molecule has 0 aliphatic rings. The van der Waals surface area contributed by atoms with E-state index in [2.05, 4.69) is 39.4 Å². The highest BCUT2D eigenvalue weighted by molar-refractivity contribution is 5.90. The lowest BCUT2D eigenvalue weighted by Crippen LogP contribution is -2.27. The van der Waals surface area contributed by atoms with Gasteiger partial charge in [0.15, 0.2) is 0 Å². The van der Waals surface area contributed by atoms with E-state index in [0.717, 1.165) is 10.9 Å². The van der Waals surface area contributed by atoms with Gasteiger partial charge < -0.3 is 10.6 Å². The molecular formula is C15H15N5O. The Kier molecular flexibility index (Phi) is 3.27. The van der Waals surface area contributed by atoms with Crippen molar-refractivity contribution in [1.82, 2.24) is 20.1 Å². The summed E-state index contributed by atoms with van der Waals surface area (Å²) in [4.78, 5) is 17.6. The molecule has 0 fully saturated rings. The molecule has 106 valence electrons. The number of nitrogens with zero attached hydrogens (tertiary/aromatic N) is 3. The van der Waals surface area contributed by atoms with Crippen molar-refractivity contribution in [2.24, 2.45) is 0 Å². The Morgan fingerprint density at radius 3 is 2.71 bits per heavy atom. The van der Waals surface area contributed by atoms with Crippen molar-refractivity contribution < 1.29 is 4.79 Å². The van der Waals surface area contributed by atoms with Crippen molar-refractivity contribution >= 4 is 22.6 Å². The molecule has 3 N–H and O–H groups in total. The summed E-state index contributed by atoms with van der Waals surface area (Å²) in [5, 5.41) is 8.52. The highest BCUT2D eigenvalue weighted by Gasteiger charge is 2.16. The van der Waals surface area contributed by atoms with E-state index in [-0.39, 0.29) is 17.7 Å². The van der Waals surface area contributed by atoms with Crippen molar-refractivity contribution in [1.29, 1.82) is 0 Å². The first kappa shape index (κ1) is 13.1. The monoisotopic (exact) mass is 281 g/mol. The molecule has 0 saturated heterocycles. The second-order valence-corrected chi connectivity index (χ2v) is 4.88. The quantitative estimate of drug-likeness (QED) is 0.766. The SMILES string of the molecule is CN(Cc1ccc2ccccc2c1)C(=O)c1nc(N)n[nH]1. The number of nitrogens with one attached hydrogen (secondary N) is 1. The summed E-state index contributed by atoms with van der Waals surface area (Å²) in [5.74, 6) is -0.0272. The number of amides is 1. The number of aromatic amines is 1. The van der Waals surface area contributed by atoms with Gasteiger partial charge in [-0.25, -0.2) is 0 Å². The molecule has 1 amide bonds. The number of rotatable bonds is 3. The third-order valence-corrected chi connectivity index (χ3v) is 3.29. The van der Waals surface area contributed by atoms with Crippen LogP contribution in [0.3, 0.4) is 0 Å². The summed E-state index contributed by atoms with van der Waals surface area (Å²) < 4.78 is 0.